The molecule has 12 heteroatoms. The second-order valence-electron chi connectivity index (χ2n) is 20.1. The van der Waals surface area contributed by atoms with Gasteiger partial charge >= 0.3 is 28.3 Å². The Bertz CT molecular complexity index is 1170. The van der Waals surface area contributed by atoms with Crippen LogP contribution in [0.1, 0.15) is 322 Å². The van der Waals surface area contributed by atoms with E-state index in [1.165, 1.54) is 218 Å². The topological polar surface area (TPSA) is 174 Å². The van der Waals surface area contributed by atoms with E-state index in [9.17, 15) is 14.4 Å². The Balaban J connectivity index is 0. The number of rotatable bonds is 54. The molecule has 11 nitrogen and oxygen atoms in total. The van der Waals surface area contributed by atoms with Gasteiger partial charge in [-0.15, -0.1) is 0 Å². The molecule has 0 aliphatic carbocycles. The highest BCUT2D eigenvalue weighted by molar-refractivity contribution is 7.79. The average molecular weight is 1010 g/mol. The van der Waals surface area contributed by atoms with Crippen molar-refractivity contribution in [1.29, 1.82) is 0 Å². The molecule has 0 fully saturated rings. The molecular weight excluding hydrogens is 893 g/mol. The minimum atomic E-state index is -4.67. The van der Waals surface area contributed by atoms with Gasteiger partial charge in [-0.2, -0.15) is 8.42 Å². The van der Waals surface area contributed by atoms with Crippen LogP contribution in [0.4, 0.5) is 0 Å². The van der Waals surface area contributed by atoms with Crippen molar-refractivity contribution in [3.05, 3.63) is 0 Å². The number of carbonyl (C=O) groups excluding carboxylic acids is 3. The van der Waals surface area contributed by atoms with Crippen molar-refractivity contribution in [2.45, 2.75) is 328 Å². The second-order valence-corrected chi connectivity index (χ2v) is 21.0. The van der Waals surface area contributed by atoms with Crippen molar-refractivity contribution >= 4 is 28.3 Å². The molecule has 0 spiro atoms. The molecule has 0 heterocycles. The summed E-state index contributed by atoms with van der Waals surface area (Å²) in [7, 11) is -4.67. The number of esters is 3. The molecule has 0 saturated heterocycles. The van der Waals surface area contributed by atoms with Gasteiger partial charge in [0.2, 0.25) is 0 Å². The fraction of sp³-hybridized carbons (Fsp3) is 0.947. The number of unbranched alkanes of at least 4 members (excludes halogenated alkanes) is 42. The van der Waals surface area contributed by atoms with Crippen LogP contribution in [0.3, 0.4) is 0 Å². The third-order valence-corrected chi connectivity index (χ3v) is 13.2. The summed E-state index contributed by atoms with van der Waals surface area (Å²) in [5, 5.41) is 8.87. The summed E-state index contributed by atoms with van der Waals surface area (Å²) in [6.07, 6.45) is 56.6. The number of hydrogen-bond donors (Lipinski definition) is 3. The quantitative estimate of drug-likeness (QED) is 0.0229. The monoisotopic (exact) mass is 1000 g/mol. The van der Waals surface area contributed by atoms with Crippen LogP contribution in [0.2, 0.25) is 0 Å². The second kappa shape index (κ2) is 57.1. The molecule has 0 radical (unpaired) electrons. The van der Waals surface area contributed by atoms with Crippen LogP contribution in [0.25, 0.3) is 0 Å². The van der Waals surface area contributed by atoms with Crippen molar-refractivity contribution in [2.75, 3.05) is 19.8 Å². The Hall–Kier alpha value is -1.76. The van der Waals surface area contributed by atoms with Gasteiger partial charge in [0.25, 0.3) is 0 Å². The Morgan fingerprint density at radius 2 is 0.522 bits per heavy atom. The summed E-state index contributed by atoms with van der Waals surface area (Å²) in [6, 6.07) is 0. The zero-order chi connectivity index (χ0) is 51.0. The van der Waals surface area contributed by atoms with Gasteiger partial charge < -0.3 is 19.3 Å². The Morgan fingerprint density at radius 3 is 0.739 bits per heavy atom. The van der Waals surface area contributed by atoms with E-state index in [2.05, 4.69) is 13.8 Å². The molecule has 0 aromatic carbocycles. The first-order valence-electron chi connectivity index (χ1n) is 29.3. The molecular formula is C57H112O11S. The first-order valence-corrected chi connectivity index (χ1v) is 30.7. The smallest absolute Gasteiger partial charge is 0.394 e. The lowest BCUT2D eigenvalue weighted by Gasteiger charge is -2.18. The zero-order valence-electron chi connectivity index (χ0n) is 45.2. The Morgan fingerprint density at radius 1 is 0.333 bits per heavy atom. The number of aliphatic hydroxyl groups is 1. The molecule has 0 aliphatic heterocycles. The highest BCUT2D eigenvalue weighted by Crippen LogP contribution is 2.18. The van der Waals surface area contributed by atoms with Crippen LogP contribution in [0.5, 0.6) is 0 Å². The zero-order valence-corrected chi connectivity index (χ0v) is 46.0. The van der Waals surface area contributed by atoms with E-state index in [4.69, 9.17) is 36.8 Å². The van der Waals surface area contributed by atoms with Crippen molar-refractivity contribution in [3.63, 3.8) is 0 Å². The lowest BCUT2D eigenvalue weighted by Crippen LogP contribution is -2.30. The lowest BCUT2D eigenvalue weighted by molar-refractivity contribution is -0.167. The molecule has 0 aromatic rings. The van der Waals surface area contributed by atoms with Gasteiger partial charge in [-0.25, -0.2) is 0 Å². The molecule has 1 atom stereocenters. The maximum atomic E-state index is 12.8. The Labute approximate surface area is 425 Å². The summed E-state index contributed by atoms with van der Waals surface area (Å²) >= 11 is 0. The van der Waals surface area contributed by atoms with Crippen molar-refractivity contribution < 1.29 is 51.2 Å². The van der Waals surface area contributed by atoms with Gasteiger partial charge in [0.1, 0.15) is 13.2 Å². The summed E-state index contributed by atoms with van der Waals surface area (Å²) in [5.41, 5.74) is 0. The van der Waals surface area contributed by atoms with E-state index in [1.54, 1.807) is 0 Å². The summed E-state index contributed by atoms with van der Waals surface area (Å²) in [4.78, 5) is 38.1. The number of hydrogen-bond acceptors (Lipinski definition) is 9. The van der Waals surface area contributed by atoms with Crippen molar-refractivity contribution in [1.82, 2.24) is 0 Å². The van der Waals surface area contributed by atoms with Crippen molar-refractivity contribution in [2.24, 2.45) is 0 Å². The molecule has 0 rings (SSSR count). The number of ether oxygens (including phenoxy) is 3. The fourth-order valence-corrected chi connectivity index (χ4v) is 8.84. The maximum absolute atomic E-state index is 12.8. The molecule has 3 N–H and O–H groups in total. The van der Waals surface area contributed by atoms with Gasteiger partial charge in [0.15, 0.2) is 6.10 Å². The molecule has 412 valence electrons. The van der Waals surface area contributed by atoms with Gasteiger partial charge in [-0.3, -0.25) is 23.5 Å². The molecule has 0 aliphatic rings. The van der Waals surface area contributed by atoms with E-state index >= 15 is 0 Å². The average Bonchev–Trinajstić information content (AvgIpc) is 3.31. The molecule has 0 saturated carbocycles. The largest absolute Gasteiger partial charge is 0.462 e. The molecule has 69 heavy (non-hydrogen) atoms. The predicted molar refractivity (Wildman–Crippen MR) is 286 cm³/mol. The number of aliphatic hydroxyl groups excluding tert-OH is 1. The van der Waals surface area contributed by atoms with Gasteiger partial charge in [0.05, 0.1) is 0 Å². The van der Waals surface area contributed by atoms with Crippen LogP contribution < -0.4 is 0 Å². The summed E-state index contributed by atoms with van der Waals surface area (Å²) in [6.45, 7) is 4.74. The highest BCUT2D eigenvalue weighted by atomic mass is 32.3. The third kappa shape index (κ3) is 66.2. The predicted octanol–water partition coefficient (Wildman–Crippen LogP) is 17.1. The van der Waals surface area contributed by atoms with E-state index in [0.717, 1.165) is 70.6 Å². The van der Waals surface area contributed by atoms with E-state index in [1.807, 2.05) is 0 Å². The van der Waals surface area contributed by atoms with E-state index < -0.39 is 16.5 Å². The normalized spacial score (nSPS) is 11.8. The van der Waals surface area contributed by atoms with Crippen molar-refractivity contribution in [3.8, 4) is 0 Å². The third-order valence-electron chi connectivity index (χ3n) is 13.2. The lowest BCUT2D eigenvalue weighted by atomic mass is 10.0. The Kier molecular flexibility index (Phi) is 57.4. The first-order chi connectivity index (χ1) is 33.5. The standard InChI is InChI=1S/C57H110O7.H2O4S/c1-3-5-7-9-11-13-15-17-20-24-28-32-36-40-44-48-55(59)62-52-54(64-57(61)50-46-42-38-34-30-26-21-18-16-14-12-10-8-6-4-2)53-63-56(60)49-45-41-37-33-29-25-22-19-23-27-31-35-39-43-47-51-58;1-5(2,3)4/h54,58H,3-53H2,1-2H3;(H2,1,2,3,4). The minimum Gasteiger partial charge on any atom is -0.462 e. The highest BCUT2D eigenvalue weighted by Gasteiger charge is 2.19. The molecule has 0 amide bonds. The minimum absolute atomic E-state index is 0.0686. The van der Waals surface area contributed by atoms with Gasteiger partial charge in [0, 0.05) is 25.9 Å². The SMILES string of the molecule is CCCCCCCCCCCCCCCCCC(=O)OCC(COC(=O)CCCCCCCCCCCCCCCCCO)OC(=O)CCCCCCCCCCCCCCCCC.O=S(=O)(O)O. The van der Waals surface area contributed by atoms with E-state index in [-0.39, 0.29) is 31.1 Å². The van der Waals surface area contributed by atoms with Crippen LogP contribution in [0, 0.1) is 0 Å². The van der Waals surface area contributed by atoms with Gasteiger partial charge in [-0.1, -0.05) is 277 Å². The van der Waals surface area contributed by atoms with E-state index in [0.29, 0.717) is 25.9 Å². The first kappa shape index (κ1) is 69.3. The maximum Gasteiger partial charge on any atom is 0.394 e. The van der Waals surface area contributed by atoms with Crippen LogP contribution >= 0.6 is 0 Å². The summed E-state index contributed by atoms with van der Waals surface area (Å²) in [5.74, 6) is -0.855. The molecule has 0 aromatic heterocycles. The van der Waals surface area contributed by atoms with Crippen LogP contribution in [-0.2, 0) is 39.0 Å². The van der Waals surface area contributed by atoms with Crippen LogP contribution in [-0.4, -0.2) is 66.5 Å². The van der Waals surface area contributed by atoms with Crippen LogP contribution in [0.15, 0.2) is 0 Å². The molecule has 1 unspecified atom stereocenters. The number of carbonyl (C=O) groups is 3. The van der Waals surface area contributed by atoms with Gasteiger partial charge in [-0.05, 0) is 25.7 Å². The molecule has 0 bridgehead atoms. The summed E-state index contributed by atoms with van der Waals surface area (Å²) < 4.78 is 48.5. The fourth-order valence-electron chi connectivity index (χ4n) is 8.84.